The summed E-state index contributed by atoms with van der Waals surface area (Å²) < 4.78 is 4.84. The predicted molar refractivity (Wildman–Crippen MR) is 235 cm³/mol. The second-order valence-corrected chi connectivity index (χ2v) is 16.5. The topological polar surface area (TPSA) is 34.2 Å². The maximum atomic E-state index is 5.72. The second-order valence-electron chi connectivity index (χ2n) is 16.5. The van der Waals surface area contributed by atoms with E-state index in [0.717, 1.165) is 18.1 Å². The SMILES string of the molecule is CC1C=Cc2c(ccc3c4cc5ccccc5cc4n(C4=NC5=C(C(c6ccc7c(c6)c6ccccc6n7-c6ccccc6)N4)C(C)(C)c4ccccc45)c23)C1. The molecule has 1 aliphatic heterocycles. The Bertz CT molecular complexity index is 3240. The van der Waals surface area contributed by atoms with Gasteiger partial charge < -0.3 is 9.88 Å². The number of hydrogen-bond acceptors (Lipinski definition) is 2. The molecule has 0 spiro atoms. The summed E-state index contributed by atoms with van der Waals surface area (Å²) in [5.41, 5.74) is 14.6. The molecular formula is C52H40N4. The van der Waals surface area contributed by atoms with Crippen LogP contribution in [-0.4, -0.2) is 15.1 Å². The van der Waals surface area contributed by atoms with Crippen LogP contribution >= 0.6 is 0 Å². The molecule has 3 aliphatic rings. The van der Waals surface area contributed by atoms with Crippen LogP contribution < -0.4 is 5.32 Å². The van der Waals surface area contributed by atoms with Crippen LogP contribution in [0.2, 0.25) is 0 Å². The van der Waals surface area contributed by atoms with Crippen molar-refractivity contribution in [1.82, 2.24) is 14.5 Å². The van der Waals surface area contributed by atoms with Crippen molar-refractivity contribution in [2.45, 2.75) is 38.6 Å². The summed E-state index contributed by atoms with van der Waals surface area (Å²) in [5, 5.41) is 11.6. The molecule has 0 saturated heterocycles. The molecule has 4 nitrogen and oxygen atoms in total. The van der Waals surface area contributed by atoms with E-state index in [1.54, 1.807) is 0 Å². The molecule has 2 unspecified atom stereocenters. The van der Waals surface area contributed by atoms with Crippen LogP contribution in [0.4, 0.5) is 0 Å². The molecule has 56 heavy (non-hydrogen) atoms. The number of nitrogens with zero attached hydrogens (tertiary/aromatic N) is 3. The quantitative estimate of drug-likeness (QED) is 0.190. The van der Waals surface area contributed by atoms with Crippen molar-refractivity contribution in [2.75, 3.05) is 0 Å². The first kappa shape index (κ1) is 31.7. The highest BCUT2D eigenvalue weighted by Crippen LogP contribution is 2.53. The molecule has 0 radical (unpaired) electrons. The summed E-state index contributed by atoms with van der Waals surface area (Å²) >= 11 is 0. The minimum absolute atomic E-state index is 0.119. The van der Waals surface area contributed by atoms with Gasteiger partial charge in [0.1, 0.15) is 0 Å². The van der Waals surface area contributed by atoms with Gasteiger partial charge >= 0.3 is 0 Å². The lowest BCUT2D eigenvalue weighted by molar-refractivity contribution is 0.551. The van der Waals surface area contributed by atoms with Gasteiger partial charge in [-0.05, 0) is 87.8 Å². The second kappa shape index (κ2) is 11.4. The average Bonchev–Trinajstić information content (AvgIpc) is 3.82. The lowest BCUT2D eigenvalue weighted by Gasteiger charge is -2.35. The zero-order valence-corrected chi connectivity index (χ0v) is 31.7. The van der Waals surface area contributed by atoms with E-state index >= 15 is 0 Å². The molecule has 0 fully saturated rings. The fourth-order valence-corrected chi connectivity index (χ4v) is 10.3. The van der Waals surface area contributed by atoms with Crippen molar-refractivity contribution >= 4 is 72.1 Å². The molecule has 0 bridgehead atoms. The first-order valence-corrected chi connectivity index (χ1v) is 19.9. The predicted octanol–water partition coefficient (Wildman–Crippen LogP) is 12.5. The van der Waals surface area contributed by atoms with Crippen LogP contribution in [0.3, 0.4) is 0 Å². The molecule has 1 N–H and O–H groups in total. The molecule has 4 heteroatoms. The highest BCUT2D eigenvalue weighted by molar-refractivity contribution is 6.20. The van der Waals surface area contributed by atoms with Gasteiger partial charge in [0.05, 0.1) is 33.8 Å². The van der Waals surface area contributed by atoms with Gasteiger partial charge in [-0.25, -0.2) is 4.99 Å². The Balaban J connectivity index is 1.14. The van der Waals surface area contributed by atoms with Crippen molar-refractivity contribution < 1.29 is 0 Å². The summed E-state index contributed by atoms with van der Waals surface area (Å²) in [7, 11) is 0. The minimum atomic E-state index is -0.235. The molecule has 2 aromatic heterocycles. The van der Waals surface area contributed by atoms with Gasteiger partial charge in [0, 0.05) is 43.8 Å². The summed E-state index contributed by atoms with van der Waals surface area (Å²) in [5.74, 6) is 1.37. The van der Waals surface area contributed by atoms with E-state index in [2.05, 4.69) is 193 Å². The number of hydrogen-bond donors (Lipinski definition) is 1. The minimum Gasteiger partial charge on any atom is -0.345 e. The molecule has 0 saturated carbocycles. The van der Waals surface area contributed by atoms with Gasteiger partial charge in [0.25, 0.3) is 0 Å². The third-order valence-electron chi connectivity index (χ3n) is 12.9. The standard InChI is InChI=1S/C52H40N4/c1-31-21-24-37-34(27-31)22-25-39-42-28-32-13-7-8-14-33(32)30-46(42)56(50(37)39)51-53-48(47-49(54-51)40-18-9-11-19-43(40)52(47,2)3)35-23-26-45-41(29-35)38-17-10-12-20-44(38)55(45)36-15-5-4-6-16-36/h4-26,28-31,48H,27H2,1-3H3,(H,53,54). The monoisotopic (exact) mass is 720 g/mol. The van der Waals surface area contributed by atoms with E-state index in [0.29, 0.717) is 5.92 Å². The Morgan fingerprint density at radius 3 is 2.25 bits per heavy atom. The Labute approximate surface area is 325 Å². The van der Waals surface area contributed by atoms with Crippen molar-refractivity contribution in [3.05, 3.63) is 185 Å². The van der Waals surface area contributed by atoms with Gasteiger partial charge in [0.2, 0.25) is 5.96 Å². The maximum absolute atomic E-state index is 5.72. The molecule has 3 heterocycles. The fraction of sp³-hybridized carbons (Fsp3) is 0.135. The molecule has 0 amide bonds. The highest BCUT2D eigenvalue weighted by Gasteiger charge is 2.45. The third kappa shape index (κ3) is 4.33. The Morgan fingerprint density at radius 1 is 0.643 bits per heavy atom. The highest BCUT2D eigenvalue weighted by atomic mass is 15.2. The van der Waals surface area contributed by atoms with Gasteiger partial charge in [-0.3, -0.25) is 4.57 Å². The Kier molecular flexibility index (Phi) is 6.47. The van der Waals surface area contributed by atoms with Crippen molar-refractivity contribution in [3.8, 4) is 5.69 Å². The van der Waals surface area contributed by atoms with E-state index in [1.807, 2.05) is 0 Å². The average molecular weight is 721 g/mol. The number of aliphatic imine (C=N–C) groups is 1. The number of benzene rings is 7. The molecule has 2 aliphatic carbocycles. The van der Waals surface area contributed by atoms with Gasteiger partial charge in [0.15, 0.2) is 0 Å². The number of aromatic nitrogens is 2. The first-order chi connectivity index (χ1) is 27.4. The lowest BCUT2D eigenvalue weighted by atomic mass is 9.76. The summed E-state index contributed by atoms with van der Waals surface area (Å²) in [6, 6.07) is 53.6. The third-order valence-corrected chi connectivity index (χ3v) is 12.9. The summed E-state index contributed by atoms with van der Waals surface area (Å²) in [4.78, 5) is 5.72. The number of nitrogens with one attached hydrogen (secondary N) is 1. The molecule has 7 aromatic carbocycles. The molecule has 268 valence electrons. The van der Waals surface area contributed by atoms with Gasteiger partial charge in [-0.1, -0.05) is 136 Å². The smallest absolute Gasteiger partial charge is 0.209 e. The Morgan fingerprint density at radius 2 is 1.38 bits per heavy atom. The molecule has 2 atom stereocenters. The van der Waals surface area contributed by atoms with Crippen LogP contribution in [0.15, 0.2) is 162 Å². The van der Waals surface area contributed by atoms with E-state index < -0.39 is 0 Å². The Hall–Kier alpha value is -6.65. The van der Waals surface area contributed by atoms with E-state index in [1.165, 1.54) is 93.5 Å². The number of rotatable bonds is 2. The van der Waals surface area contributed by atoms with Crippen LogP contribution in [0.5, 0.6) is 0 Å². The number of allylic oxidation sites excluding steroid dienone is 1. The number of para-hydroxylation sites is 2. The summed E-state index contributed by atoms with van der Waals surface area (Å²) in [6.07, 6.45) is 5.76. The van der Waals surface area contributed by atoms with Crippen LogP contribution in [0.1, 0.15) is 54.6 Å². The zero-order chi connectivity index (χ0) is 37.3. The zero-order valence-electron chi connectivity index (χ0n) is 31.7. The van der Waals surface area contributed by atoms with E-state index in [-0.39, 0.29) is 11.5 Å². The molecule has 9 aromatic rings. The lowest BCUT2D eigenvalue weighted by Crippen LogP contribution is -2.40. The van der Waals surface area contributed by atoms with Gasteiger partial charge in [-0.15, -0.1) is 0 Å². The molecular weight excluding hydrogens is 681 g/mol. The van der Waals surface area contributed by atoms with Crippen LogP contribution in [0, 0.1) is 5.92 Å². The first-order valence-electron chi connectivity index (χ1n) is 19.9. The summed E-state index contributed by atoms with van der Waals surface area (Å²) in [6.45, 7) is 7.06. The normalized spacial score (nSPS) is 18.4. The maximum Gasteiger partial charge on any atom is 0.209 e. The van der Waals surface area contributed by atoms with E-state index in [9.17, 15) is 0 Å². The fourth-order valence-electron chi connectivity index (χ4n) is 10.3. The van der Waals surface area contributed by atoms with Crippen molar-refractivity contribution in [3.63, 3.8) is 0 Å². The van der Waals surface area contributed by atoms with Crippen molar-refractivity contribution in [1.29, 1.82) is 0 Å². The largest absolute Gasteiger partial charge is 0.345 e. The van der Waals surface area contributed by atoms with Gasteiger partial charge in [-0.2, -0.15) is 0 Å². The number of fused-ring (bicyclic) bond motifs is 11. The van der Waals surface area contributed by atoms with Crippen LogP contribution in [0.25, 0.3) is 71.8 Å². The van der Waals surface area contributed by atoms with E-state index in [4.69, 9.17) is 4.99 Å². The molecule has 12 rings (SSSR count). The van der Waals surface area contributed by atoms with Crippen LogP contribution in [-0.2, 0) is 11.8 Å². The van der Waals surface area contributed by atoms with Crippen molar-refractivity contribution in [2.24, 2.45) is 10.9 Å².